The summed E-state index contributed by atoms with van der Waals surface area (Å²) in [5, 5.41) is 0.286. The lowest BCUT2D eigenvalue weighted by molar-refractivity contribution is -0.145. The Bertz CT molecular complexity index is 169. The van der Waals surface area contributed by atoms with Crippen molar-refractivity contribution in [2.45, 2.75) is 11.9 Å². The minimum atomic E-state index is -0.298. The number of alkyl halides is 1. The summed E-state index contributed by atoms with van der Waals surface area (Å²) in [5.74, 6) is 2.95. The van der Waals surface area contributed by atoms with E-state index in [-0.39, 0.29) is 16.2 Å². The number of rotatable bonds is 2. The Morgan fingerprint density at radius 3 is 2.92 bits per heavy atom. The van der Waals surface area contributed by atoms with Crippen LogP contribution in [-0.2, 0) is 9.53 Å². The third kappa shape index (κ3) is 3.18. The van der Waals surface area contributed by atoms with Crippen LogP contribution in [0.15, 0.2) is 0 Å². The maximum atomic E-state index is 11.0. The molecule has 0 amide bonds. The lowest BCUT2D eigenvalue weighted by Gasteiger charge is -2.31. The zero-order chi connectivity index (χ0) is 9.03. The van der Waals surface area contributed by atoms with E-state index in [1.165, 1.54) is 0 Å². The van der Waals surface area contributed by atoms with Crippen molar-refractivity contribution in [3.8, 4) is 0 Å². The van der Waals surface area contributed by atoms with Crippen LogP contribution in [0, 0.1) is 0 Å². The fraction of sp³-hybridized carbons (Fsp3) is 0.857. The third-order valence-corrected chi connectivity index (χ3v) is 4.83. The second kappa shape index (κ2) is 4.77. The monoisotopic (exact) mass is 270 g/mol. The highest BCUT2D eigenvalue weighted by Gasteiger charge is 2.31. The van der Waals surface area contributed by atoms with Crippen molar-refractivity contribution in [1.82, 2.24) is 0 Å². The number of halogens is 1. The van der Waals surface area contributed by atoms with Crippen LogP contribution in [0.3, 0.4) is 0 Å². The van der Waals surface area contributed by atoms with E-state index < -0.39 is 0 Å². The molecule has 1 atom stereocenters. The minimum Gasteiger partial charge on any atom is -0.447 e. The van der Waals surface area contributed by atoms with E-state index >= 15 is 0 Å². The first kappa shape index (κ1) is 10.7. The standard InChI is InChI=1S/C7H11BrO2S2/c1-7(10-6(9)4-8)5-11-2-3-12-7/h2-5H2,1H3. The number of thioether (sulfide) groups is 2. The summed E-state index contributed by atoms with van der Waals surface area (Å²) in [5.41, 5.74) is 0. The number of carbonyl (C=O) groups excluding carboxylic acids is 1. The zero-order valence-corrected chi connectivity index (χ0v) is 10.1. The molecule has 0 aromatic rings. The number of carbonyl (C=O) groups is 1. The molecule has 0 spiro atoms. The van der Waals surface area contributed by atoms with Crippen molar-refractivity contribution < 1.29 is 9.53 Å². The Kier molecular flexibility index (Phi) is 4.26. The summed E-state index contributed by atoms with van der Waals surface area (Å²) in [6.07, 6.45) is 0. The second-order valence-electron chi connectivity index (χ2n) is 2.64. The van der Waals surface area contributed by atoms with Gasteiger partial charge in [0.25, 0.3) is 0 Å². The highest BCUT2D eigenvalue weighted by molar-refractivity contribution is 9.09. The molecule has 0 bridgehead atoms. The molecule has 1 aliphatic rings. The van der Waals surface area contributed by atoms with Crippen molar-refractivity contribution in [3.05, 3.63) is 0 Å². The lowest BCUT2D eigenvalue weighted by Crippen LogP contribution is -2.34. The van der Waals surface area contributed by atoms with Crippen LogP contribution in [0.25, 0.3) is 0 Å². The van der Waals surface area contributed by atoms with E-state index in [0.29, 0.717) is 0 Å². The number of ether oxygens (including phenoxy) is 1. The van der Waals surface area contributed by atoms with Gasteiger partial charge in [-0.3, -0.25) is 4.79 Å². The summed E-state index contributed by atoms with van der Waals surface area (Å²) >= 11 is 6.64. The van der Waals surface area contributed by atoms with Gasteiger partial charge in [0.2, 0.25) is 0 Å². The van der Waals surface area contributed by atoms with Gasteiger partial charge < -0.3 is 4.74 Å². The average Bonchev–Trinajstić information content (AvgIpc) is 2.05. The molecular formula is C7H11BrO2S2. The Hall–Kier alpha value is 0.650. The van der Waals surface area contributed by atoms with Crippen LogP contribution in [0.1, 0.15) is 6.92 Å². The molecule has 0 aliphatic carbocycles. The molecule has 0 radical (unpaired) electrons. The maximum absolute atomic E-state index is 11.0. The fourth-order valence-corrected chi connectivity index (χ4v) is 3.60. The summed E-state index contributed by atoms with van der Waals surface area (Å²) in [4.78, 5) is 10.7. The summed E-state index contributed by atoms with van der Waals surface area (Å²) in [7, 11) is 0. The van der Waals surface area contributed by atoms with Gasteiger partial charge in [-0.05, 0) is 6.92 Å². The first-order valence-electron chi connectivity index (χ1n) is 3.66. The Morgan fingerprint density at radius 1 is 1.67 bits per heavy atom. The summed E-state index contributed by atoms with van der Waals surface area (Å²) < 4.78 is 5.28. The molecular weight excluding hydrogens is 260 g/mol. The Balaban J connectivity index is 2.41. The maximum Gasteiger partial charge on any atom is 0.317 e. The molecule has 0 N–H and O–H groups in total. The molecule has 1 fully saturated rings. The van der Waals surface area contributed by atoms with Gasteiger partial charge in [0, 0.05) is 17.3 Å². The quantitative estimate of drug-likeness (QED) is 0.567. The molecule has 1 unspecified atom stereocenters. The average molecular weight is 271 g/mol. The van der Waals surface area contributed by atoms with E-state index in [2.05, 4.69) is 15.9 Å². The normalized spacial score (nSPS) is 29.8. The van der Waals surface area contributed by atoms with Gasteiger partial charge in [0.15, 0.2) is 4.93 Å². The third-order valence-electron chi connectivity index (χ3n) is 1.44. The van der Waals surface area contributed by atoms with Gasteiger partial charge >= 0.3 is 5.97 Å². The van der Waals surface area contributed by atoms with Crippen LogP contribution in [-0.4, -0.2) is 33.5 Å². The second-order valence-corrected chi connectivity index (χ2v) is 5.87. The molecule has 0 aromatic heterocycles. The summed E-state index contributed by atoms with van der Waals surface area (Å²) in [6.45, 7) is 1.98. The molecule has 2 nitrogen and oxygen atoms in total. The molecule has 0 saturated carbocycles. The van der Waals surface area contributed by atoms with Crippen molar-refractivity contribution in [3.63, 3.8) is 0 Å². The van der Waals surface area contributed by atoms with E-state index in [1.807, 2.05) is 18.7 Å². The lowest BCUT2D eigenvalue weighted by atomic mass is 10.4. The van der Waals surface area contributed by atoms with Crippen molar-refractivity contribution in [2.75, 3.05) is 22.6 Å². The predicted molar refractivity (Wildman–Crippen MR) is 58.1 cm³/mol. The van der Waals surface area contributed by atoms with E-state index in [9.17, 15) is 4.79 Å². The van der Waals surface area contributed by atoms with Crippen LogP contribution in [0.4, 0.5) is 0 Å². The van der Waals surface area contributed by atoms with Gasteiger partial charge in [-0.25, -0.2) is 0 Å². The molecule has 0 aromatic carbocycles. The Labute approximate surface area is 89.3 Å². The van der Waals surface area contributed by atoms with Crippen LogP contribution in [0.5, 0.6) is 0 Å². The van der Waals surface area contributed by atoms with Crippen LogP contribution < -0.4 is 0 Å². The Morgan fingerprint density at radius 2 is 2.42 bits per heavy atom. The van der Waals surface area contributed by atoms with Gasteiger partial charge in [-0.15, -0.1) is 11.8 Å². The van der Waals surface area contributed by atoms with Gasteiger partial charge in [-0.1, -0.05) is 15.9 Å². The van der Waals surface area contributed by atoms with Crippen molar-refractivity contribution in [1.29, 1.82) is 0 Å². The van der Waals surface area contributed by atoms with E-state index in [4.69, 9.17) is 4.74 Å². The zero-order valence-electron chi connectivity index (χ0n) is 6.84. The van der Waals surface area contributed by atoms with Crippen molar-refractivity contribution >= 4 is 45.4 Å². The van der Waals surface area contributed by atoms with Gasteiger partial charge in [0.1, 0.15) is 5.33 Å². The summed E-state index contributed by atoms with van der Waals surface area (Å²) in [6, 6.07) is 0. The fourth-order valence-electron chi connectivity index (χ4n) is 0.943. The first-order valence-corrected chi connectivity index (χ1v) is 6.92. The highest BCUT2D eigenvalue weighted by Crippen LogP contribution is 2.35. The topological polar surface area (TPSA) is 26.3 Å². The molecule has 5 heteroatoms. The van der Waals surface area contributed by atoms with E-state index in [1.54, 1.807) is 11.8 Å². The molecule has 1 aliphatic heterocycles. The number of hydrogen-bond donors (Lipinski definition) is 0. The first-order chi connectivity index (χ1) is 5.66. The molecule has 1 rings (SSSR count). The molecule has 70 valence electrons. The number of esters is 1. The highest BCUT2D eigenvalue weighted by atomic mass is 79.9. The molecule has 1 heterocycles. The van der Waals surface area contributed by atoms with Crippen LogP contribution >= 0.6 is 39.5 Å². The molecule has 12 heavy (non-hydrogen) atoms. The van der Waals surface area contributed by atoms with Gasteiger partial charge in [-0.2, -0.15) is 11.8 Å². The SMILES string of the molecule is CC1(OC(=O)CBr)CSCCS1. The van der Waals surface area contributed by atoms with Crippen molar-refractivity contribution in [2.24, 2.45) is 0 Å². The smallest absolute Gasteiger partial charge is 0.317 e. The van der Waals surface area contributed by atoms with Gasteiger partial charge in [0.05, 0.1) is 0 Å². The number of hydrogen-bond acceptors (Lipinski definition) is 4. The van der Waals surface area contributed by atoms with E-state index in [0.717, 1.165) is 17.3 Å². The van der Waals surface area contributed by atoms with Crippen LogP contribution in [0.2, 0.25) is 0 Å². The minimum absolute atomic E-state index is 0.174. The predicted octanol–water partition coefficient (Wildman–Crippen LogP) is 2.12. The largest absolute Gasteiger partial charge is 0.447 e. The molecule has 1 saturated heterocycles.